The number of carbonyl (C=O) groups is 3. The largest absolute Gasteiger partial charge is 0.513 e. The molecule has 0 fully saturated rings. The topological polar surface area (TPSA) is 103 Å². The number of carbonyl (C=O) groups excluding carboxylic acids is 3. The molecule has 3 aromatic rings. The van der Waals surface area contributed by atoms with Crippen LogP contribution in [0.1, 0.15) is 22.8 Å². The minimum atomic E-state index is -0.806. The summed E-state index contributed by atoms with van der Waals surface area (Å²) < 4.78 is 15.1. The fourth-order valence-electron chi connectivity index (χ4n) is 2.81. The van der Waals surface area contributed by atoms with Gasteiger partial charge in [-0.3, -0.25) is 9.59 Å². The first-order valence-electron chi connectivity index (χ1n) is 10.5. The second-order valence-corrected chi connectivity index (χ2v) is 7.94. The summed E-state index contributed by atoms with van der Waals surface area (Å²) >= 11 is 11.9. The molecule has 0 saturated carbocycles. The van der Waals surface area contributed by atoms with Crippen molar-refractivity contribution in [1.29, 1.82) is 0 Å². The predicted molar refractivity (Wildman–Crippen MR) is 132 cm³/mol. The number of benzene rings is 3. The summed E-state index contributed by atoms with van der Waals surface area (Å²) in [5.74, 6) is -0.00364. The zero-order valence-corrected chi connectivity index (χ0v) is 20.2. The van der Waals surface area contributed by atoms with Gasteiger partial charge in [0.2, 0.25) is 0 Å². The van der Waals surface area contributed by atoms with E-state index in [1.165, 1.54) is 30.3 Å². The van der Waals surface area contributed by atoms with Crippen molar-refractivity contribution in [3.8, 4) is 11.5 Å². The van der Waals surface area contributed by atoms with Crippen LogP contribution in [0, 0.1) is 0 Å². The third-order valence-electron chi connectivity index (χ3n) is 4.53. The fourth-order valence-corrected chi connectivity index (χ4v) is 3.28. The van der Waals surface area contributed by atoms with Crippen molar-refractivity contribution in [3.63, 3.8) is 0 Å². The number of hydrogen-bond donors (Lipinski definition) is 2. The Morgan fingerprint density at radius 2 is 1.63 bits per heavy atom. The van der Waals surface area contributed by atoms with Crippen molar-refractivity contribution < 1.29 is 28.6 Å². The molecule has 0 aliphatic rings. The number of amides is 2. The summed E-state index contributed by atoms with van der Waals surface area (Å²) in [4.78, 5) is 35.8. The van der Waals surface area contributed by atoms with E-state index in [9.17, 15) is 14.4 Å². The van der Waals surface area contributed by atoms with Crippen molar-refractivity contribution in [2.45, 2.75) is 13.5 Å². The zero-order valence-electron chi connectivity index (χ0n) is 18.7. The van der Waals surface area contributed by atoms with Gasteiger partial charge < -0.3 is 24.8 Å². The summed E-state index contributed by atoms with van der Waals surface area (Å²) in [6, 6.07) is 17.8. The highest BCUT2D eigenvalue weighted by atomic mass is 35.5. The number of halogens is 2. The van der Waals surface area contributed by atoms with Gasteiger partial charge >= 0.3 is 6.16 Å². The quantitative estimate of drug-likeness (QED) is 0.288. The molecule has 0 heterocycles. The highest BCUT2D eigenvalue weighted by Gasteiger charge is 2.10. The van der Waals surface area contributed by atoms with Crippen LogP contribution in [0.25, 0.3) is 0 Å². The van der Waals surface area contributed by atoms with Gasteiger partial charge in [-0.05, 0) is 67.1 Å². The molecule has 3 aromatic carbocycles. The smallest absolute Gasteiger partial charge is 0.482 e. The molecule has 3 rings (SSSR count). The monoisotopic (exact) mass is 516 g/mol. The lowest BCUT2D eigenvalue weighted by molar-refractivity contribution is -0.123. The van der Waals surface area contributed by atoms with Crippen LogP contribution in [0.2, 0.25) is 10.0 Å². The van der Waals surface area contributed by atoms with E-state index in [1.54, 1.807) is 43.3 Å². The molecular weight excluding hydrogens is 495 g/mol. The van der Waals surface area contributed by atoms with Crippen molar-refractivity contribution >= 4 is 46.9 Å². The molecule has 0 radical (unpaired) electrons. The Bertz CT molecular complexity index is 1180. The van der Waals surface area contributed by atoms with E-state index in [0.29, 0.717) is 27.0 Å². The van der Waals surface area contributed by atoms with Gasteiger partial charge in [-0.2, -0.15) is 0 Å². The first-order valence-corrected chi connectivity index (χ1v) is 11.3. The van der Waals surface area contributed by atoms with Gasteiger partial charge in [-0.1, -0.05) is 35.3 Å². The maximum Gasteiger partial charge on any atom is 0.513 e. The lowest BCUT2D eigenvalue weighted by Gasteiger charge is -2.10. The molecule has 2 amide bonds. The Hall–Kier alpha value is -3.75. The standard InChI is InChI=1S/C25H22Cl2N2O6/c1-2-33-25(32)35-20-10-5-17(6-11-20)24(31)29-19-8-3-16(4-9-19)14-28-23(30)15-34-22-12-7-18(26)13-21(22)27/h3-13H,2,14-15H2,1H3,(H,28,30)(H,29,31). The minimum Gasteiger partial charge on any atom is -0.482 e. The predicted octanol–water partition coefficient (Wildman–Crippen LogP) is 5.48. The van der Waals surface area contributed by atoms with Gasteiger partial charge in [0.25, 0.3) is 11.8 Å². The number of rotatable bonds is 9. The molecule has 8 nitrogen and oxygen atoms in total. The molecule has 0 unspecified atom stereocenters. The van der Waals surface area contributed by atoms with Gasteiger partial charge in [0.15, 0.2) is 6.61 Å². The van der Waals surface area contributed by atoms with Gasteiger partial charge in [0, 0.05) is 22.8 Å². The van der Waals surface area contributed by atoms with Gasteiger partial charge in [-0.25, -0.2) is 4.79 Å². The maximum absolute atomic E-state index is 12.5. The zero-order chi connectivity index (χ0) is 25.2. The Balaban J connectivity index is 1.45. The van der Waals surface area contributed by atoms with E-state index >= 15 is 0 Å². The molecule has 0 spiro atoms. The van der Waals surface area contributed by atoms with Crippen LogP contribution in [0.5, 0.6) is 11.5 Å². The second-order valence-electron chi connectivity index (χ2n) is 7.10. The van der Waals surface area contributed by atoms with E-state index in [-0.39, 0.29) is 37.3 Å². The fraction of sp³-hybridized carbons (Fsp3) is 0.160. The van der Waals surface area contributed by atoms with E-state index in [0.717, 1.165) is 5.56 Å². The molecule has 10 heteroatoms. The Kier molecular flexibility index (Phi) is 9.34. The molecule has 35 heavy (non-hydrogen) atoms. The lowest BCUT2D eigenvalue weighted by atomic mass is 10.1. The normalized spacial score (nSPS) is 10.3. The van der Waals surface area contributed by atoms with Crippen LogP contribution in [0.15, 0.2) is 66.7 Å². The van der Waals surface area contributed by atoms with Crippen LogP contribution in [0.3, 0.4) is 0 Å². The average Bonchev–Trinajstić information content (AvgIpc) is 2.83. The van der Waals surface area contributed by atoms with Crippen molar-refractivity contribution in [1.82, 2.24) is 5.32 Å². The number of anilines is 1. The van der Waals surface area contributed by atoms with Gasteiger partial charge in [-0.15, -0.1) is 0 Å². The molecule has 2 N–H and O–H groups in total. The van der Waals surface area contributed by atoms with E-state index in [1.807, 2.05) is 0 Å². The summed E-state index contributed by atoms with van der Waals surface area (Å²) in [6.45, 7) is 1.97. The lowest BCUT2D eigenvalue weighted by Crippen LogP contribution is -2.28. The maximum atomic E-state index is 12.5. The number of nitrogens with one attached hydrogen (secondary N) is 2. The molecule has 0 aromatic heterocycles. The summed E-state index contributed by atoms with van der Waals surface area (Å²) in [5.41, 5.74) is 1.80. The molecule has 0 aliphatic heterocycles. The molecule has 0 bridgehead atoms. The van der Waals surface area contributed by atoms with Gasteiger partial charge in [0.05, 0.1) is 11.6 Å². The summed E-state index contributed by atoms with van der Waals surface area (Å²) in [6.07, 6.45) is -0.806. The highest BCUT2D eigenvalue weighted by molar-refractivity contribution is 6.35. The minimum absolute atomic E-state index is 0.195. The van der Waals surface area contributed by atoms with Gasteiger partial charge in [0.1, 0.15) is 11.5 Å². The van der Waals surface area contributed by atoms with Crippen LogP contribution >= 0.6 is 23.2 Å². The van der Waals surface area contributed by atoms with Crippen LogP contribution in [-0.4, -0.2) is 31.2 Å². The summed E-state index contributed by atoms with van der Waals surface area (Å²) in [7, 11) is 0. The summed E-state index contributed by atoms with van der Waals surface area (Å²) in [5, 5.41) is 6.33. The van der Waals surface area contributed by atoms with Crippen molar-refractivity contribution in [3.05, 3.63) is 87.9 Å². The third kappa shape index (κ3) is 8.20. The second kappa shape index (κ2) is 12.6. The molecule has 0 aliphatic carbocycles. The van der Waals surface area contributed by atoms with E-state index < -0.39 is 6.16 Å². The highest BCUT2D eigenvalue weighted by Crippen LogP contribution is 2.27. The molecular formula is C25H22Cl2N2O6. The molecule has 0 saturated heterocycles. The van der Waals surface area contributed by atoms with Crippen molar-refractivity contribution in [2.75, 3.05) is 18.5 Å². The molecule has 182 valence electrons. The first kappa shape index (κ1) is 25.9. The first-order chi connectivity index (χ1) is 16.8. The number of hydrogen-bond acceptors (Lipinski definition) is 6. The van der Waals surface area contributed by atoms with Crippen LogP contribution in [-0.2, 0) is 16.1 Å². The third-order valence-corrected chi connectivity index (χ3v) is 5.06. The van der Waals surface area contributed by atoms with Crippen molar-refractivity contribution in [2.24, 2.45) is 0 Å². The molecule has 0 atom stereocenters. The average molecular weight is 517 g/mol. The Morgan fingerprint density at radius 3 is 2.29 bits per heavy atom. The SMILES string of the molecule is CCOC(=O)Oc1ccc(C(=O)Nc2ccc(CNC(=O)COc3ccc(Cl)cc3Cl)cc2)cc1. The van der Waals surface area contributed by atoms with Crippen LogP contribution < -0.4 is 20.1 Å². The number of ether oxygens (including phenoxy) is 3. The van der Waals surface area contributed by atoms with E-state index in [2.05, 4.69) is 10.6 Å². The Morgan fingerprint density at radius 1 is 0.914 bits per heavy atom. The van der Waals surface area contributed by atoms with Crippen LogP contribution in [0.4, 0.5) is 10.5 Å². The Labute approximate surface area is 212 Å². The van der Waals surface area contributed by atoms with E-state index in [4.69, 9.17) is 37.4 Å².